The minimum atomic E-state index is 0. The molecule has 100 valence electrons. The lowest BCUT2D eigenvalue weighted by Gasteiger charge is -2.27. The molecule has 0 spiro atoms. The Kier molecular flexibility index (Phi) is 2.90. The van der Waals surface area contributed by atoms with E-state index in [1.54, 1.807) is 7.11 Å². The smallest absolute Gasteiger partial charge is 0.148 e. The number of fused-ring (bicyclic) bond motifs is 5. The number of methoxy groups -OCH3 is 1. The molecule has 4 rings (SSSR count). The lowest BCUT2D eigenvalue weighted by molar-refractivity contribution is 0.408. The Hall–Kier alpha value is -1.68. The standard InChI is InChI=1S/C14H15N3O.ClH/c1-18-11-2-3-12-10(8-11)9-13-14-15-4-5-16(14)6-7-17(12)13;/h2-3,8-9H,4-7H2,1H3;1H. The molecule has 0 aliphatic carbocycles. The summed E-state index contributed by atoms with van der Waals surface area (Å²) in [5.74, 6) is 2.08. The molecule has 0 unspecified atom stereocenters. The molecule has 2 aliphatic heterocycles. The fourth-order valence-electron chi connectivity index (χ4n) is 2.97. The molecular weight excluding hydrogens is 262 g/mol. The topological polar surface area (TPSA) is 29.8 Å². The van der Waals surface area contributed by atoms with Crippen molar-refractivity contribution in [1.82, 2.24) is 9.47 Å². The minimum Gasteiger partial charge on any atom is -0.497 e. The summed E-state index contributed by atoms with van der Waals surface area (Å²) in [7, 11) is 1.71. The van der Waals surface area contributed by atoms with E-state index in [4.69, 9.17) is 4.74 Å². The van der Waals surface area contributed by atoms with Gasteiger partial charge in [0, 0.05) is 30.5 Å². The third kappa shape index (κ3) is 1.70. The lowest BCUT2D eigenvalue weighted by atomic mass is 10.2. The number of aliphatic imine (C=N–C) groups is 1. The first-order chi connectivity index (χ1) is 8.86. The van der Waals surface area contributed by atoms with Gasteiger partial charge in [-0.1, -0.05) is 0 Å². The molecule has 1 aromatic carbocycles. The van der Waals surface area contributed by atoms with Gasteiger partial charge in [0.2, 0.25) is 0 Å². The minimum absolute atomic E-state index is 0. The molecule has 0 radical (unpaired) electrons. The molecule has 0 atom stereocenters. The van der Waals surface area contributed by atoms with Crippen molar-refractivity contribution < 1.29 is 4.74 Å². The number of benzene rings is 1. The van der Waals surface area contributed by atoms with Gasteiger partial charge in [0.25, 0.3) is 0 Å². The van der Waals surface area contributed by atoms with Gasteiger partial charge in [-0.05, 0) is 24.3 Å². The van der Waals surface area contributed by atoms with Crippen molar-refractivity contribution in [3.05, 3.63) is 30.0 Å². The lowest BCUT2D eigenvalue weighted by Crippen LogP contribution is -2.37. The molecule has 1 aromatic heterocycles. The van der Waals surface area contributed by atoms with Gasteiger partial charge in [-0.3, -0.25) is 4.99 Å². The summed E-state index contributed by atoms with van der Waals surface area (Å²) in [5.41, 5.74) is 2.53. The third-order valence-corrected chi connectivity index (χ3v) is 3.86. The normalized spacial score (nSPS) is 16.7. The Morgan fingerprint density at radius 3 is 2.89 bits per heavy atom. The Bertz CT molecular complexity index is 662. The number of nitrogens with zero attached hydrogens (tertiary/aromatic N) is 3. The van der Waals surface area contributed by atoms with Crippen LogP contribution in [0.2, 0.25) is 0 Å². The number of amidine groups is 1. The van der Waals surface area contributed by atoms with Gasteiger partial charge >= 0.3 is 0 Å². The largest absolute Gasteiger partial charge is 0.497 e. The summed E-state index contributed by atoms with van der Waals surface area (Å²) in [5, 5.41) is 1.24. The second-order valence-corrected chi connectivity index (χ2v) is 4.80. The van der Waals surface area contributed by atoms with E-state index in [1.165, 1.54) is 16.6 Å². The van der Waals surface area contributed by atoms with Gasteiger partial charge in [-0.15, -0.1) is 12.4 Å². The van der Waals surface area contributed by atoms with Gasteiger partial charge in [-0.2, -0.15) is 0 Å². The van der Waals surface area contributed by atoms with E-state index in [9.17, 15) is 0 Å². The first-order valence-corrected chi connectivity index (χ1v) is 6.34. The van der Waals surface area contributed by atoms with Crippen LogP contribution in [-0.2, 0) is 6.54 Å². The summed E-state index contributed by atoms with van der Waals surface area (Å²) in [6.45, 7) is 4.12. The van der Waals surface area contributed by atoms with Gasteiger partial charge in [0.1, 0.15) is 11.6 Å². The summed E-state index contributed by atoms with van der Waals surface area (Å²) in [4.78, 5) is 7.01. The summed E-state index contributed by atoms with van der Waals surface area (Å²) in [6.07, 6.45) is 0. The highest BCUT2D eigenvalue weighted by Gasteiger charge is 2.26. The molecule has 2 aromatic rings. The van der Waals surface area contributed by atoms with E-state index in [-0.39, 0.29) is 12.4 Å². The fourth-order valence-corrected chi connectivity index (χ4v) is 2.97. The second kappa shape index (κ2) is 4.46. The molecule has 5 heteroatoms. The number of aromatic nitrogens is 1. The van der Waals surface area contributed by atoms with E-state index in [0.29, 0.717) is 0 Å². The van der Waals surface area contributed by atoms with Gasteiger partial charge in [-0.25, -0.2) is 0 Å². The number of halogens is 1. The SMILES string of the molecule is COc1ccc2c(c1)cc1n2CCN2CCN=C12.Cl. The van der Waals surface area contributed by atoms with E-state index in [2.05, 4.69) is 32.7 Å². The van der Waals surface area contributed by atoms with Crippen LogP contribution in [0.3, 0.4) is 0 Å². The van der Waals surface area contributed by atoms with E-state index >= 15 is 0 Å². The average molecular weight is 278 g/mol. The van der Waals surface area contributed by atoms with E-state index in [0.717, 1.165) is 37.8 Å². The number of rotatable bonds is 1. The van der Waals surface area contributed by atoms with Crippen LogP contribution in [0.5, 0.6) is 5.75 Å². The molecule has 0 saturated carbocycles. The molecule has 3 heterocycles. The molecule has 0 N–H and O–H groups in total. The van der Waals surface area contributed by atoms with Gasteiger partial charge in [0.05, 0.1) is 19.3 Å². The maximum atomic E-state index is 5.29. The second-order valence-electron chi connectivity index (χ2n) is 4.80. The highest BCUT2D eigenvalue weighted by molar-refractivity contribution is 6.03. The van der Waals surface area contributed by atoms with Gasteiger partial charge in [0.15, 0.2) is 0 Å². The Morgan fingerprint density at radius 1 is 1.16 bits per heavy atom. The quantitative estimate of drug-likeness (QED) is 0.799. The first-order valence-electron chi connectivity index (χ1n) is 6.34. The monoisotopic (exact) mass is 277 g/mol. The number of hydrogen-bond acceptors (Lipinski definition) is 3. The molecule has 4 nitrogen and oxygen atoms in total. The zero-order chi connectivity index (χ0) is 12.1. The Balaban J connectivity index is 0.00000110. The average Bonchev–Trinajstić information content (AvgIpc) is 3.00. The predicted molar refractivity (Wildman–Crippen MR) is 78.7 cm³/mol. The highest BCUT2D eigenvalue weighted by atomic mass is 35.5. The van der Waals surface area contributed by atoms with Crippen molar-refractivity contribution in [2.45, 2.75) is 6.54 Å². The van der Waals surface area contributed by atoms with Crippen LogP contribution in [0.15, 0.2) is 29.3 Å². The van der Waals surface area contributed by atoms with Crippen molar-refractivity contribution >= 4 is 29.1 Å². The maximum Gasteiger partial charge on any atom is 0.148 e. The molecule has 0 bridgehead atoms. The van der Waals surface area contributed by atoms with Crippen LogP contribution >= 0.6 is 12.4 Å². The van der Waals surface area contributed by atoms with Crippen molar-refractivity contribution in [3.8, 4) is 5.75 Å². The molecule has 0 amide bonds. The zero-order valence-corrected chi connectivity index (χ0v) is 11.6. The van der Waals surface area contributed by atoms with Crippen molar-refractivity contribution in [3.63, 3.8) is 0 Å². The number of hydrogen-bond donors (Lipinski definition) is 0. The van der Waals surface area contributed by atoms with Crippen LogP contribution in [0.1, 0.15) is 5.69 Å². The van der Waals surface area contributed by atoms with Crippen LogP contribution in [0, 0.1) is 0 Å². The number of ether oxygens (including phenoxy) is 1. The van der Waals surface area contributed by atoms with Crippen LogP contribution in [-0.4, -0.2) is 42.0 Å². The Labute approximate surface area is 118 Å². The molecule has 0 saturated heterocycles. The fraction of sp³-hybridized carbons (Fsp3) is 0.357. The van der Waals surface area contributed by atoms with Crippen LogP contribution < -0.4 is 4.74 Å². The van der Waals surface area contributed by atoms with E-state index < -0.39 is 0 Å². The van der Waals surface area contributed by atoms with Crippen LogP contribution in [0.4, 0.5) is 0 Å². The van der Waals surface area contributed by atoms with Crippen molar-refractivity contribution in [1.29, 1.82) is 0 Å². The summed E-state index contributed by atoms with van der Waals surface area (Å²) in [6, 6.07) is 8.50. The zero-order valence-electron chi connectivity index (χ0n) is 10.8. The molecular formula is C14H16ClN3O. The first kappa shape index (κ1) is 12.4. The maximum absolute atomic E-state index is 5.29. The van der Waals surface area contributed by atoms with Crippen molar-refractivity contribution in [2.24, 2.45) is 4.99 Å². The highest BCUT2D eigenvalue weighted by Crippen LogP contribution is 2.28. The van der Waals surface area contributed by atoms with Crippen molar-refractivity contribution in [2.75, 3.05) is 26.7 Å². The van der Waals surface area contributed by atoms with Crippen LogP contribution in [0.25, 0.3) is 10.9 Å². The van der Waals surface area contributed by atoms with Gasteiger partial charge < -0.3 is 14.2 Å². The predicted octanol–water partition coefficient (Wildman–Crippen LogP) is 2.15. The third-order valence-electron chi connectivity index (χ3n) is 3.86. The Morgan fingerprint density at radius 2 is 2.05 bits per heavy atom. The molecule has 2 aliphatic rings. The molecule has 19 heavy (non-hydrogen) atoms. The summed E-state index contributed by atoms with van der Waals surface area (Å²) >= 11 is 0. The van der Waals surface area contributed by atoms with E-state index in [1.807, 2.05) is 6.07 Å². The molecule has 0 fully saturated rings. The summed E-state index contributed by atoms with van der Waals surface area (Å²) < 4.78 is 7.66.